The third-order valence-electron chi connectivity index (χ3n) is 3.41. The molecule has 0 atom stereocenters. The topological polar surface area (TPSA) is 67.1 Å². The van der Waals surface area contributed by atoms with E-state index in [-0.39, 0.29) is 0 Å². The number of hydrogen-bond acceptors (Lipinski definition) is 5. The van der Waals surface area contributed by atoms with E-state index in [0.29, 0.717) is 11.5 Å². The monoisotopic (exact) mass is 285 g/mol. The molecule has 0 fully saturated rings. The minimum Gasteiger partial charge on any atom is -0.393 e. The van der Waals surface area contributed by atoms with E-state index in [2.05, 4.69) is 66.1 Å². The van der Waals surface area contributed by atoms with E-state index in [9.17, 15) is 0 Å². The molecule has 0 spiro atoms. The predicted molar refractivity (Wildman–Crippen MR) is 89.2 cm³/mol. The van der Waals surface area contributed by atoms with Gasteiger partial charge in [-0.15, -0.1) is 0 Å². The highest BCUT2D eigenvalue weighted by Crippen LogP contribution is 2.28. The van der Waals surface area contributed by atoms with E-state index in [1.54, 1.807) is 6.33 Å². The summed E-state index contributed by atoms with van der Waals surface area (Å²) in [6.07, 6.45) is 1.55. The molecule has 0 amide bonds. The Bertz CT molecular complexity index is 600. The summed E-state index contributed by atoms with van der Waals surface area (Å²) in [7, 11) is 0. The average molecular weight is 285 g/mol. The number of rotatable bonds is 5. The molecule has 0 aliphatic heterocycles. The molecule has 0 aliphatic rings. The Hall–Kier alpha value is -2.30. The standard InChI is InChI=1S/C16H23N5/c1-5-21(6-2)16-14(17)15(18-10-19-16)20-13-8-11(3)7-12(4)9-13/h7-10H,5-6,17H2,1-4H3,(H,18,19,20). The highest BCUT2D eigenvalue weighted by molar-refractivity contribution is 5.78. The average Bonchev–Trinajstić information content (AvgIpc) is 2.43. The van der Waals surface area contributed by atoms with Gasteiger partial charge in [-0.2, -0.15) is 0 Å². The van der Waals surface area contributed by atoms with Gasteiger partial charge in [0.25, 0.3) is 0 Å². The van der Waals surface area contributed by atoms with Gasteiger partial charge in [-0.25, -0.2) is 9.97 Å². The van der Waals surface area contributed by atoms with Gasteiger partial charge in [-0.05, 0) is 51.0 Å². The van der Waals surface area contributed by atoms with Crippen molar-refractivity contribution in [1.29, 1.82) is 0 Å². The molecule has 112 valence electrons. The number of benzene rings is 1. The Labute approximate surface area is 126 Å². The van der Waals surface area contributed by atoms with Gasteiger partial charge >= 0.3 is 0 Å². The van der Waals surface area contributed by atoms with Crippen LogP contribution in [-0.2, 0) is 0 Å². The first kappa shape index (κ1) is 15.1. The molecular weight excluding hydrogens is 262 g/mol. The van der Waals surface area contributed by atoms with E-state index in [1.807, 2.05) is 0 Å². The van der Waals surface area contributed by atoms with Crippen LogP contribution in [0.2, 0.25) is 0 Å². The lowest BCUT2D eigenvalue weighted by atomic mass is 10.1. The Kier molecular flexibility index (Phi) is 4.62. The maximum absolute atomic E-state index is 6.23. The van der Waals surface area contributed by atoms with Crippen LogP contribution < -0.4 is 16.0 Å². The molecule has 5 nitrogen and oxygen atoms in total. The number of nitrogen functional groups attached to an aromatic ring is 1. The SMILES string of the molecule is CCN(CC)c1ncnc(Nc2cc(C)cc(C)c2)c1N. The van der Waals surface area contributed by atoms with Crippen LogP contribution in [0.15, 0.2) is 24.5 Å². The summed E-state index contributed by atoms with van der Waals surface area (Å²) in [6.45, 7) is 10.0. The molecule has 0 saturated carbocycles. The van der Waals surface area contributed by atoms with Crippen molar-refractivity contribution >= 4 is 23.0 Å². The Morgan fingerprint density at radius 1 is 1.05 bits per heavy atom. The van der Waals surface area contributed by atoms with Gasteiger partial charge in [0.15, 0.2) is 11.6 Å². The number of aryl methyl sites for hydroxylation is 2. The molecule has 0 saturated heterocycles. The van der Waals surface area contributed by atoms with Crippen molar-refractivity contribution in [2.45, 2.75) is 27.7 Å². The van der Waals surface area contributed by atoms with Gasteiger partial charge < -0.3 is 16.0 Å². The third-order valence-corrected chi connectivity index (χ3v) is 3.41. The first-order valence-corrected chi connectivity index (χ1v) is 7.25. The zero-order chi connectivity index (χ0) is 15.4. The van der Waals surface area contributed by atoms with Gasteiger partial charge in [0.1, 0.15) is 12.0 Å². The highest BCUT2D eigenvalue weighted by atomic mass is 15.2. The lowest BCUT2D eigenvalue weighted by Crippen LogP contribution is -2.24. The summed E-state index contributed by atoms with van der Waals surface area (Å²) in [5, 5.41) is 3.29. The predicted octanol–water partition coefficient (Wildman–Crippen LogP) is 3.27. The van der Waals surface area contributed by atoms with Crippen LogP contribution in [0.4, 0.5) is 23.0 Å². The van der Waals surface area contributed by atoms with Crippen LogP contribution in [0.25, 0.3) is 0 Å². The zero-order valence-corrected chi connectivity index (χ0v) is 13.1. The Balaban J connectivity index is 2.34. The van der Waals surface area contributed by atoms with Crippen molar-refractivity contribution in [3.8, 4) is 0 Å². The second kappa shape index (κ2) is 6.43. The normalized spacial score (nSPS) is 10.5. The maximum atomic E-state index is 6.23. The summed E-state index contributed by atoms with van der Waals surface area (Å²) >= 11 is 0. The van der Waals surface area contributed by atoms with Crippen molar-refractivity contribution in [3.63, 3.8) is 0 Å². The van der Waals surface area contributed by atoms with E-state index in [1.165, 1.54) is 11.1 Å². The van der Waals surface area contributed by atoms with Gasteiger partial charge in [0, 0.05) is 18.8 Å². The fourth-order valence-electron chi connectivity index (χ4n) is 2.44. The molecule has 2 rings (SSSR count). The molecule has 1 aromatic heterocycles. The smallest absolute Gasteiger partial charge is 0.159 e. The van der Waals surface area contributed by atoms with Gasteiger partial charge in [0.2, 0.25) is 0 Å². The Morgan fingerprint density at radius 2 is 1.67 bits per heavy atom. The largest absolute Gasteiger partial charge is 0.393 e. The molecule has 0 unspecified atom stereocenters. The van der Waals surface area contributed by atoms with E-state index >= 15 is 0 Å². The second-order valence-electron chi connectivity index (χ2n) is 5.13. The first-order valence-electron chi connectivity index (χ1n) is 7.25. The van der Waals surface area contributed by atoms with Crippen LogP contribution in [-0.4, -0.2) is 23.1 Å². The van der Waals surface area contributed by atoms with Gasteiger partial charge in [-0.1, -0.05) is 6.07 Å². The lowest BCUT2D eigenvalue weighted by molar-refractivity contribution is 0.844. The molecule has 0 bridgehead atoms. The summed E-state index contributed by atoms with van der Waals surface area (Å²) in [5.74, 6) is 1.43. The number of anilines is 4. The number of aromatic nitrogens is 2. The summed E-state index contributed by atoms with van der Waals surface area (Å²) < 4.78 is 0. The van der Waals surface area contributed by atoms with Crippen LogP contribution >= 0.6 is 0 Å². The number of nitrogens with zero attached hydrogens (tertiary/aromatic N) is 3. The fourth-order valence-corrected chi connectivity index (χ4v) is 2.44. The van der Waals surface area contributed by atoms with Gasteiger partial charge in [0.05, 0.1) is 0 Å². The molecule has 3 N–H and O–H groups in total. The van der Waals surface area contributed by atoms with Crippen molar-refractivity contribution in [3.05, 3.63) is 35.7 Å². The minimum absolute atomic E-state index is 0.584. The van der Waals surface area contributed by atoms with Crippen LogP contribution in [0.5, 0.6) is 0 Å². The van der Waals surface area contributed by atoms with Crippen molar-refractivity contribution in [2.24, 2.45) is 0 Å². The van der Waals surface area contributed by atoms with Gasteiger partial charge in [-0.3, -0.25) is 0 Å². The van der Waals surface area contributed by atoms with E-state index < -0.39 is 0 Å². The van der Waals surface area contributed by atoms with Crippen molar-refractivity contribution < 1.29 is 0 Å². The van der Waals surface area contributed by atoms with Crippen LogP contribution in [0, 0.1) is 13.8 Å². The van der Waals surface area contributed by atoms with Crippen molar-refractivity contribution in [2.75, 3.05) is 29.0 Å². The van der Waals surface area contributed by atoms with E-state index in [0.717, 1.165) is 24.6 Å². The molecule has 2 aromatic rings. The molecule has 0 aliphatic carbocycles. The third kappa shape index (κ3) is 3.42. The summed E-state index contributed by atoms with van der Waals surface area (Å²) in [5.41, 5.74) is 10.2. The second-order valence-corrected chi connectivity index (χ2v) is 5.13. The quantitative estimate of drug-likeness (QED) is 0.882. The first-order chi connectivity index (χ1) is 10.0. The van der Waals surface area contributed by atoms with Crippen LogP contribution in [0.1, 0.15) is 25.0 Å². The summed E-state index contributed by atoms with van der Waals surface area (Å²) in [6, 6.07) is 6.28. The maximum Gasteiger partial charge on any atom is 0.159 e. The zero-order valence-electron chi connectivity index (χ0n) is 13.1. The number of nitrogens with one attached hydrogen (secondary N) is 1. The molecule has 1 heterocycles. The summed E-state index contributed by atoms with van der Waals surface area (Å²) in [4.78, 5) is 10.7. The minimum atomic E-state index is 0.584. The Morgan fingerprint density at radius 3 is 2.24 bits per heavy atom. The molecule has 1 aromatic carbocycles. The lowest BCUT2D eigenvalue weighted by Gasteiger charge is -2.22. The molecule has 5 heteroatoms. The van der Waals surface area contributed by atoms with E-state index in [4.69, 9.17) is 5.73 Å². The molecule has 21 heavy (non-hydrogen) atoms. The number of hydrogen-bond donors (Lipinski definition) is 2. The number of nitrogens with two attached hydrogens (primary N) is 1. The fraction of sp³-hybridized carbons (Fsp3) is 0.375. The molecule has 0 radical (unpaired) electrons. The van der Waals surface area contributed by atoms with Crippen molar-refractivity contribution in [1.82, 2.24) is 9.97 Å². The van der Waals surface area contributed by atoms with Crippen LogP contribution in [0.3, 0.4) is 0 Å². The highest BCUT2D eigenvalue weighted by Gasteiger charge is 2.12. The molecular formula is C16H23N5.